The van der Waals surface area contributed by atoms with Crippen molar-refractivity contribution in [1.82, 2.24) is 14.5 Å². The van der Waals surface area contributed by atoms with Gasteiger partial charge < -0.3 is 4.57 Å². The Labute approximate surface area is 365 Å². The zero-order valence-electron chi connectivity index (χ0n) is 32.9. The summed E-state index contributed by atoms with van der Waals surface area (Å²) >= 11 is 0. The zero-order chi connectivity index (χ0) is 42.1. The number of aromatic nitrogens is 3. The maximum Gasteiger partial charge on any atom is 0.160 e. The highest BCUT2D eigenvalue weighted by atomic mass is 15.0. The van der Waals surface area contributed by atoms with Crippen LogP contribution in [0.5, 0.6) is 0 Å². The summed E-state index contributed by atoms with van der Waals surface area (Å²) in [6.45, 7) is 0. The standard InChI is InChI=1S/C50H25B8N3/c51-40-38-39-41(52)43(54)45(56)47(58)49(39)61(48(38)46(57)44(55)42(40)53)31-21-19-28(20-22-31)32-23-24-35(34-14-8-7-13-33(32)34)37-25-36(59-50(60-37)30-11-5-2-6-12-30)29-17-15-27(16-18-29)26-9-3-1-4-10-26/h1-25H. The van der Waals surface area contributed by atoms with Crippen LogP contribution in [0.15, 0.2) is 152 Å². The van der Waals surface area contributed by atoms with E-state index in [4.69, 9.17) is 72.7 Å². The number of hydrogen-bond donors (Lipinski definition) is 0. The van der Waals surface area contributed by atoms with Crippen LogP contribution in [0.4, 0.5) is 0 Å². The van der Waals surface area contributed by atoms with Gasteiger partial charge in [-0.1, -0.05) is 155 Å². The number of nitrogens with zero attached hydrogens (tertiary/aromatic N) is 3. The topological polar surface area (TPSA) is 30.7 Å². The Balaban J connectivity index is 1.11. The molecule has 0 saturated carbocycles. The molecule has 10 aromatic rings. The van der Waals surface area contributed by atoms with E-state index in [1.54, 1.807) is 0 Å². The normalized spacial score (nSPS) is 11.5. The van der Waals surface area contributed by atoms with Crippen molar-refractivity contribution >= 4 is 139 Å². The molecule has 0 fully saturated rings. The van der Waals surface area contributed by atoms with Gasteiger partial charge in [-0.05, 0) is 62.0 Å². The second kappa shape index (κ2) is 15.2. The molecule has 0 aliphatic rings. The molecule has 0 aliphatic heterocycles. The maximum absolute atomic E-state index is 6.69. The molecule has 0 spiro atoms. The first-order chi connectivity index (χ1) is 29.6. The fourth-order valence-electron chi connectivity index (χ4n) is 8.45. The van der Waals surface area contributed by atoms with E-state index in [9.17, 15) is 0 Å². The van der Waals surface area contributed by atoms with Gasteiger partial charge in [0.15, 0.2) is 5.82 Å². The molecule has 0 bridgehead atoms. The van der Waals surface area contributed by atoms with E-state index >= 15 is 0 Å². The van der Waals surface area contributed by atoms with Gasteiger partial charge >= 0.3 is 0 Å². The van der Waals surface area contributed by atoms with E-state index in [1.165, 1.54) is 0 Å². The van der Waals surface area contributed by atoms with E-state index in [2.05, 4.69) is 66.7 Å². The summed E-state index contributed by atoms with van der Waals surface area (Å²) < 4.78 is 1.87. The minimum Gasteiger partial charge on any atom is -0.311 e. The molecule has 8 aromatic carbocycles. The summed E-state index contributed by atoms with van der Waals surface area (Å²) in [6.07, 6.45) is 0. The van der Waals surface area contributed by atoms with Gasteiger partial charge in [0.2, 0.25) is 0 Å². The monoisotopic (exact) mass is 755 g/mol. The summed E-state index contributed by atoms with van der Waals surface area (Å²) in [6, 6.07) is 51.7. The minimum absolute atomic E-state index is 0.148. The lowest BCUT2D eigenvalue weighted by Crippen LogP contribution is -2.49. The molecule has 2 aromatic heterocycles. The summed E-state index contributed by atoms with van der Waals surface area (Å²) in [7, 11) is 52.1. The van der Waals surface area contributed by atoms with Crippen molar-refractivity contribution in [2.45, 2.75) is 0 Å². The molecule has 0 N–H and O–H groups in total. The van der Waals surface area contributed by atoms with E-state index in [0.29, 0.717) is 33.3 Å². The van der Waals surface area contributed by atoms with Crippen LogP contribution in [0.1, 0.15) is 0 Å². The van der Waals surface area contributed by atoms with Crippen molar-refractivity contribution < 1.29 is 0 Å². The first kappa shape index (κ1) is 38.6. The third kappa shape index (κ3) is 6.33. The number of fused-ring (bicyclic) bond motifs is 4. The lowest BCUT2D eigenvalue weighted by Gasteiger charge is -2.18. The van der Waals surface area contributed by atoms with Crippen molar-refractivity contribution in [1.29, 1.82) is 0 Å². The molecular formula is C50H25B8N3. The highest BCUT2D eigenvalue weighted by molar-refractivity contribution is 6.71. The molecule has 0 amide bonds. The highest BCUT2D eigenvalue weighted by Crippen LogP contribution is 2.38. The predicted octanol–water partition coefficient (Wildman–Crippen LogP) is 3.41. The van der Waals surface area contributed by atoms with Crippen LogP contribution in [-0.2, 0) is 0 Å². The van der Waals surface area contributed by atoms with Gasteiger partial charge in [0.1, 0.15) is 62.8 Å². The molecule has 16 radical (unpaired) electrons. The molecule has 0 saturated heterocycles. The van der Waals surface area contributed by atoms with Gasteiger partial charge in [-0.15, -0.1) is 21.9 Å². The Morgan fingerprint density at radius 2 is 0.754 bits per heavy atom. The molecule has 3 nitrogen and oxygen atoms in total. The first-order valence-corrected chi connectivity index (χ1v) is 19.7. The molecule has 0 atom stereocenters. The molecule has 61 heavy (non-hydrogen) atoms. The Kier molecular flexibility index (Phi) is 9.59. The lowest BCUT2D eigenvalue weighted by atomic mass is 9.63. The molecule has 2 heterocycles. The summed E-state index contributed by atoms with van der Waals surface area (Å²) in [5.41, 5.74) is 12.1. The summed E-state index contributed by atoms with van der Waals surface area (Å²) in [5.74, 6) is 0.646. The molecule has 10 rings (SSSR count). The van der Waals surface area contributed by atoms with Gasteiger partial charge in [0, 0.05) is 33.4 Å². The van der Waals surface area contributed by atoms with Crippen LogP contribution in [0.3, 0.4) is 0 Å². The van der Waals surface area contributed by atoms with Gasteiger partial charge in [0.25, 0.3) is 0 Å². The number of rotatable bonds is 6. The molecule has 11 heteroatoms. The van der Waals surface area contributed by atoms with Crippen LogP contribution in [0.2, 0.25) is 0 Å². The van der Waals surface area contributed by atoms with Crippen LogP contribution < -0.4 is 43.7 Å². The second-order valence-corrected chi connectivity index (χ2v) is 15.1. The molecule has 0 aliphatic carbocycles. The van der Waals surface area contributed by atoms with Gasteiger partial charge in [-0.2, -0.15) is 0 Å². The van der Waals surface area contributed by atoms with E-state index in [1.807, 2.05) is 89.5 Å². The van der Waals surface area contributed by atoms with Crippen molar-refractivity contribution in [3.63, 3.8) is 0 Å². The van der Waals surface area contributed by atoms with Crippen LogP contribution in [0, 0.1) is 0 Å². The fraction of sp³-hybridized carbons (Fsp3) is 0. The van der Waals surface area contributed by atoms with Crippen molar-refractivity contribution in [2.24, 2.45) is 0 Å². The van der Waals surface area contributed by atoms with E-state index < -0.39 is 0 Å². The lowest BCUT2D eigenvalue weighted by molar-refractivity contribution is 1.18. The summed E-state index contributed by atoms with van der Waals surface area (Å²) in [5, 5.41) is 3.09. The molecule has 0 unspecified atom stereocenters. The van der Waals surface area contributed by atoms with Gasteiger partial charge in [-0.25, -0.2) is 9.97 Å². The third-order valence-corrected chi connectivity index (χ3v) is 11.6. The first-order valence-electron chi connectivity index (χ1n) is 19.7. The van der Waals surface area contributed by atoms with Crippen LogP contribution >= 0.6 is 0 Å². The SMILES string of the molecule is [B]c1c([B])c([B])c2c(c1[B])c1c([B])c([B])c([B])c([B])c1n2-c1ccc(-c2ccc(-c3cc(-c4ccc(-c5ccccc5)cc4)nc(-c4ccccc4)n3)c3ccccc23)cc1. The van der Waals surface area contributed by atoms with Crippen LogP contribution in [0.25, 0.3) is 94.4 Å². The summed E-state index contributed by atoms with van der Waals surface area (Å²) in [4.78, 5) is 10.3. The van der Waals surface area contributed by atoms with Gasteiger partial charge in [0.05, 0.1) is 11.4 Å². The third-order valence-electron chi connectivity index (χ3n) is 11.6. The highest BCUT2D eigenvalue weighted by Gasteiger charge is 2.23. The molecular weight excluding hydrogens is 729 g/mol. The number of hydrogen-bond acceptors (Lipinski definition) is 2. The quantitative estimate of drug-likeness (QED) is 0.244. The maximum atomic E-state index is 6.69. The van der Waals surface area contributed by atoms with E-state index in [-0.39, 0.29) is 43.7 Å². The molecule has 264 valence electrons. The fourth-order valence-corrected chi connectivity index (χ4v) is 8.45. The van der Waals surface area contributed by atoms with Crippen molar-refractivity contribution in [3.05, 3.63) is 152 Å². The minimum atomic E-state index is 0.148. The van der Waals surface area contributed by atoms with Crippen molar-refractivity contribution in [2.75, 3.05) is 0 Å². The Hall–Kier alpha value is -6.58. The predicted molar refractivity (Wildman–Crippen MR) is 264 cm³/mol. The Morgan fingerprint density at radius 1 is 0.328 bits per heavy atom. The smallest absolute Gasteiger partial charge is 0.160 e. The van der Waals surface area contributed by atoms with Gasteiger partial charge in [-0.3, -0.25) is 0 Å². The second-order valence-electron chi connectivity index (χ2n) is 15.1. The largest absolute Gasteiger partial charge is 0.311 e. The number of benzene rings is 8. The van der Waals surface area contributed by atoms with Crippen LogP contribution in [-0.4, -0.2) is 77.3 Å². The Morgan fingerprint density at radius 3 is 1.33 bits per heavy atom. The van der Waals surface area contributed by atoms with Crippen molar-refractivity contribution in [3.8, 4) is 61.8 Å². The average molecular weight is 754 g/mol. The average Bonchev–Trinajstić information content (AvgIpc) is 3.68. The zero-order valence-corrected chi connectivity index (χ0v) is 32.9. The van der Waals surface area contributed by atoms with E-state index in [0.717, 1.165) is 61.1 Å². The Bertz CT molecular complexity index is 3290.